The van der Waals surface area contributed by atoms with Gasteiger partial charge in [-0.1, -0.05) is 133 Å². The van der Waals surface area contributed by atoms with Crippen LogP contribution in [0.1, 0.15) is 22.3 Å². The zero-order valence-electron chi connectivity index (χ0n) is 21.2. The van der Waals surface area contributed by atoms with E-state index < -0.39 is 17.4 Å². The van der Waals surface area contributed by atoms with Crippen LogP contribution >= 0.6 is 0 Å². The van der Waals surface area contributed by atoms with Gasteiger partial charge in [-0.3, -0.25) is 4.79 Å². The Morgan fingerprint density at radius 3 is 1.63 bits per heavy atom. The van der Waals surface area contributed by atoms with Crippen LogP contribution in [0, 0.1) is 0 Å². The van der Waals surface area contributed by atoms with E-state index in [1.54, 1.807) is 0 Å². The largest absolute Gasteiger partial charge is 0.467 e. The lowest BCUT2D eigenvalue weighted by atomic mass is 9.68. The van der Waals surface area contributed by atoms with Crippen molar-refractivity contribution in [1.82, 2.24) is 5.32 Å². The second-order valence-electron chi connectivity index (χ2n) is 9.28. The summed E-state index contributed by atoms with van der Waals surface area (Å²) in [5.41, 5.74) is 2.18. The Morgan fingerprint density at radius 2 is 1.13 bits per heavy atom. The zero-order chi connectivity index (χ0) is 26.4. The van der Waals surface area contributed by atoms with E-state index in [0.717, 1.165) is 33.0 Å². The highest BCUT2D eigenvalue weighted by Gasteiger charge is 2.45. The van der Waals surface area contributed by atoms with E-state index in [1.807, 2.05) is 127 Å². The molecule has 0 aromatic heterocycles. The van der Waals surface area contributed by atoms with E-state index in [4.69, 9.17) is 4.74 Å². The Morgan fingerprint density at radius 1 is 0.658 bits per heavy atom. The smallest absolute Gasteiger partial charge is 0.328 e. The molecule has 0 bridgehead atoms. The van der Waals surface area contributed by atoms with E-state index in [9.17, 15) is 9.59 Å². The maximum atomic E-state index is 14.6. The average Bonchev–Trinajstić information content (AvgIpc) is 2.98. The third kappa shape index (κ3) is 4.81. The van der Waals surface area contributed by atoms with Gasteiger partial charge in [0.1, 0.15) is 11.5 Å². The molecule has 38 heavy (non-hydrogen) atoms. The van der Waals surface area contributed by atoms with Crippen LogP contribution in [0.3, 0.4) is 0 Å². The van der Waals surface area contributed by atoms with Crippen LogP contribution in [0.25, 0.3) is 10.8 Å². The summed E-state index contributed by atoms with van der Waals surface area (Å²) in [6, 6.07) is 42.3. The van der Waals surface area contributed by atoms with Crippen molar-refractivity contribution < 1.29 is 14.3 Å². The van der Waals surface area contributed by atoms with Gasteiger partial charge in [-0.25, -0.2) is 4.79 Å². The van der Waals surface area contributed by atoms with E-state index in [-0.39, 0.29) is 5.91 Å². The molecule has 188 valence electrons. The fraction of sp³-hybridized carbons (Fsp3) is 0.118. The van der Waals surface area contributed by atoms with Gasteiger partial charge in [-0.2, -0.15) is 0 Å². The molecule has 0 heterocycles. The first-order valence-electron chi connectivity index (χ1n) is 12.7. The molecule has 0 saturated carbocycles. The zero-order valence-corrected chi connectivity index (χ0v) is 21.2. The molecule has 4 heteroatoms. The number of carbonyl (C=O) groups is 2. The van der Waals surface area contributed by atoms with E-state index in [1.165, 1.54) is 7.11 Å². The lowest BCUT2D eigenvalue weighted by molar-refractivity contribution is -0.145. The van der Waals surface area contributed by atoms with Crippen molar-refractivity contribution in [3.05, 3.63) is 156 Å². The minimum Gasteiger partial charge on any atom is -0.467 e. The Bertz CT molecular complexity index is 1440. The van der Waals surface area contributed by atoms with Crippen molar-refractivity contribution in [3.8, 4) is 0 Å². The van der Waals surface area contributed by atoms with Gasteiger partial charge in [0.2, 0.25) is 5.91 Å². The summed E-state index contributed by atoms with van der Waals surface area (Å²) in [5, 5.41) is 5.28. The van der Waals surface area contributed by atoms with E-state index >= 15 is 0 Å². The maximum Gasteiger partial charge on any atom is 0.328 e. The van der Waals surface area contributed by atoms with Gasteiger partial charge in [0, 0.05) is 6.42 Å². The van der Waals surface area contributed by atoms with Crippen molar-refractivity contribution in [2.24, 2.45) is 0 Å². The van der Waals surface area contributed by atoms with Crippen LogP contribution in [0.15, 0.2) is 133 Å². The summed E-state index contributed by atoms with van der Waals surface area (Å²) in [4.78, 5) is 27.6. The molecule has 5 aromatic rings. The molecule has 1 N–H and O–H groups in total. The van der Waals surface area contributed by atoms with Crippen molar-refractivity contribution in [3.63, 3.8) is 0 Å². The number of fused-ring (bicyclic) bond motifs is 1. The van der Waals surface area contributed by atoms with Crippen LogP contribution in [-0.2, 0) is 26.2 Å². The minimum atomic E-state index is -1.18. The molecule has 1 amide bonds. The van der Waals surface area contributed by atoms with Gasteiger partial charge >= 0.3 is 5.97 Å². The summed E-state index contributed by atoms with van der Waals surface area (Å²) in [5.74, 6) is -0.785. The van der Waals surface area contributed by atoms with Crippen molar-refractivity contribution in [1.29, 1.82) is 0 Å². The van der Waals surface area contributed by atoms with Gasteiger partial charge in [0.15, 0.2) is 0 Å². The minimum absolute atomic E-state index is 0.294. The van der Waals surface area contributed by atoms with Crippen LogP contribution in [-0.4, -0.2) is 25.0 Å². The Kier molecular flexibility index (Phi) is 7.32. The molecule has 1 atom stereocenters. The van der Waals surface area contributed by atoms with Crippen molar-refractivity contribution >= 4 is 22.6 Å². The van der Waals surface area contributed by atoms with Crippen molar-refractivity contribution in [2.45, 2.75) is 17.9 Å². The van der Waals surface area contributed by atoms with Crippen molar-refractivity contribution in [2.75, 3.05) is 7.11 Å². The second kappa shape index (κ2) is 11.1. The van der Waals surface area contributed by atoms with Crippen LogP contribution < -0.4 is 5.32 Å². The molecule has 0 spiro atoms. The van der Waals surface area contributed by atoms with Gasteiger partial charge in [0.05, 0.1) is 7.11 Å². The lowest BCUT2D eigenvalue weighted by Crippen LogP contribution is -2.52. The predicted octanol–water partition coefficient (Wildman–Crippen LogP) is 6.07. The predicted molar refractivity (Wildman–Crippen MR) is 151 cm³/mol. The second-order valence-corrected chi connectivity index (χ2v) is 9.28. The molecule has 5 rings (SSSR count). The van der Waals surface area contributed by atoms with Gasteiger partial charge in [-0.15, -0.1) is 0 Å². The number of esters is 1. The molecular formula is C34H29NO3. The summed E-state index contributed by atoms with van der Waals surface area (Å²) in [7, 11) is 1.35. The molecule has 0 saturated heterocycles. The van der Waals surface area contributed by atoms with Crippen LogP contribution in [0.2, 0.25) is 0 Å². The van der Waals surface area contributed by atoms with Gasteiger partial charge in [-0.05, 0) is 33.0 Å². The Labute approximate surface area is 222 Å². The molecule has 0 radical (unpaired) electrons. The summed E-state index contributed by atoms with van der Waals surface area (Å²) in [6.45, 7) is 0. The molecule has 0 aliphatic heterocycles. The van der Waals surface area contributed by atoms with Crippen LogP contribution in [0.4, 0.5) is 0 Å². The highest BCUT2D eigenvalue weighted by molar-refractivity contribution is 5.98. The maximum absolute atomic E-state index is 14.6. The number of ether oxygens (including phenoxy) is 1. The monoisotopic (exact) mass is 499 g/mol. The van der Waals surface area contributed by atoms with Crippen LogP contribution in [0.5, 0.6) is 0 Å². The number of amides is 1. The fourth-order valence-electron chi connectivity index (χ4n) is 5.16. The first kappa shape index (κ1) is 25.0. The normalized spacial score (nSPS) is 12.0. The quantitative estimate of drug-likeness (QED) is 0.208. The standard InChI is InChI=1S/C34H29NO3/c1-38-32(36)31(24-25-21-22-26-13-11-12-14-27(26)23-25)35-33(37)34(28-15-5-2-6-16-28,29-17-7-3-8-18-29)30-19-9-4-10-20-30/h2-23,31H,24H2,1H3,(H,35,37)/t31-/m0/s1. The summed E-state index contributed by atoms with van der Waals surface area (Å²) >= 11 is 0. The molecular weight excluding hydrogens is 470 g/mol. The first-order chi connectivity index (χ1) is 18.6. The van der Waals surface area contributed by atoms with Gasteiger partial charge < -0.3 is 10.1 Å². The molecule has 0 fully saturated rings. The Hall–Kier alpha value is -4.70. The topological polar surface area (TPSA) is 55.4 Å². The summed E-state index contributed by atoms with van der Waals surface area (Å²) in [6.07, 6.45) is 0.303. The number of benzene rings is 5. The highest BCUT2D eigenvalue weighted by Crippen LogP contribution is 2.39. The molecule has 0 unspecified atom stereocenters. The first-order valence-corrected chi connectivity index (χ1v) is 12.7. The molecule has 0 aliphatic carbocycles. The number of carbonyl (C=O) groups excluding carboxylic acids is 2. The number of hydrogen-bond acceptors (Lipinski definition) is 3. The number of rotatable bonds is 8. The van der Waals surface area contributed by atoms with Gasteiger partial charge in [0.25, 0.3) is 0 Å². The lowest BCUT2D eigenvalue weighted by Gasteiger charge is -2.35. The number of nitrogens with one attached hydrogen (secondary N) is 1. The third-order valence-corrected chi connectivity index (χ3v) is 7.01. The number of hydrogen-bond donors (Lipinski definition) is 1. The molecule has 0 aliphatic rings. The molecule has 4 nitrogen and oxygen atoms in total. The molecule has 5 aromatic carbocycles. The number of methoxy groups -OCH3 is 1. The Balaban J connectivity index is 1.60. The fourth-order valence-corrected chi connectivity index (χ4v) is 5.16. The van der Waals surface area contributed by atoms with E-state index in [0.29, 0.717) is 6.42 Å². The van der Waals surface area contributed by atoms with E-state index in [2.05, 4.69) is 11.4 Å². The summed E-state index contributed by atoms with van der Waals surface area (Å²) < 4.78 is 5.15. The highest BCUT2D eigenvalue weighted by atomic mass is 16.5. The SMILES string of the molecule is COC(=O)[C@H](Cc1ccc2ccccc2c1)NC(=O)C(c1ccccc1)(c1ccccc1)c1ccccc1. The average molecular weight is 500 g/mol. The third-order valence-electron chi connectivity index (χ3n) is 7.01.